The molecule has 0 aliphatic rings. The number of nitrogens with one attached hydrogen (secondary N) is 2. The highest BCUT2D eigenvalue weighted by Gasteiger charge is 2.35. The van der Waals surface area contributed by atoms with E-state index in [1.165, 1.54) is 24.4 Å². The number of benzene rings is 2. The third kappa shape index (κ3) is 6.88. The van der Waals surface area contributed by atoms with Gasteiger partial charge in [0.25, 0.3) is 11.5 Å². The normalized spacial score (nSPS) is 11.5. The Morgan fingerprint density at radius 3 is 2.40 bits per heavy atom. The summed E-state index contributed by atoms with van der Waals surface area (Å²) in [6.45, 7) is 3.22. The summed E-state index contributed by atoms with van der Waals surface area (Å²) in [4.78, 5) is 48.4. The highest BCUT2D eigenvalue weighted by molar-refractivity contribution is 6.04. The number of nitrogens with zero attached hydrogens (tertiary/aromatic N) is 5. The predicted octanol–water partition coefficient (Wildman–Crippen LogP) is 5.77. The van der Waals surface area contributed by atoms with Crippen LogP contribution >= 0.6 is 0 Å². The van der Waals surface area contributed by atoms with E-state index in [4.69, 9.17) is 10.1 Å². The van der Waals surface area contributed by atoms with Gasteiger partial charge < -0.3 is 20.0 Å². The molecule has 242 valence electrons. The Hall–Kier alpha value is -5.86. The fourth-order valence-electron chi connectivity index (χ4n) is 4.68. The zero-order valence-corrected chi connectivity index (χ0v) is 25.2. The van der Waals surface area contributed by atoms with Crippen molar-refractivity contribution >= 4 is 17.8 Å². The molecule has 3 aromatic heterocycles. The molecule has 0 aliphatic heterocycles. The average molecular weight is 650 g/mol. The zero-order valence-electron chi connectivity index (χ0n) is 25.2. The molecule has 0 saturated carbocycles. The van der Waals surface area contributed by atoms with E-state index in [0.29, 0.717) is 27.6 Å². The number of aryl methyl sites for hydroxylation is 1. The molecule has 0 radical (unpaired) electrons. The maximum atomic E-state index is 14.3. The SMILES string of the molecule is CC(C)n1cc(C(=O)Nc2ccc(Oc3cc(-c4cn(C)cn4)cnc3CC=N)cc2C(F)(F)F)c(=O)n(-c2ccc(F)cc2)c1=O. The Morgan fingerprint density at radius 1 is 1.06 bits per heavy atom. The quantitative estimate of drug-likeness (QED) is 0.154. The summed E-state index contributed by atoms with van der Waals surface area (Å²) in [5.41, 5.74) is -3.17. The number of halogens is 4. The lowest BCUT2D eigenvalue weighted by molar-refractivity contribution is -0.137. The minimum Gasteiger partial charge on any atom is -0.455 e. The molecule has 0 unspecified atom stereocenters. The van der Waals surface area contributed by atoms with E-state index in [1.54, 1.807) is 44.1 Å². The molecule has 0 spiro atoms. The fraction of sp³-hybridized carbons (Fsp3) is 0.188. The third-order valence-corrected chi connectivity index (χ3v) is 7.00. The number of amides is 1. The second-order valence-corrected chi connectivity index (χ2v) is 10.7. The van der Waals surface area contributed by atoms with Gasteiger partial charge in [-0.15, -0.1) is 0 Å². The van der Waals surface area contributed by atoms with Crippen LogP contribution < -0.4 is 21.3 Å². The van der Waals surface area contributed by atoms with E-state index in [-0.39, 0.29) is 23.6 Å². The number of carbonyl (C=O) groups excluding carboxylic acids is 1. The first kappa shape index (κ1) is 32.5. The Bertz CT molecular complexity index is 2100. The monoisotopic (exact) mass is 649 g/mol. The van der Waals surface area contributed by atoms with Crippen LogP contribution in [0.5, 0.6) is 11.5 Å². The second-order valence-electron chi connectivity index (χ2n) is 10.7. The summed E-state index contributed by atoms with van der Waals surface area (Å²) in [6, 6.07) is 8.22. The van der Waals surface area contributed by atoms with E-state index < -0.39 is 52.0 Å². The summed E-state index contributed by atoms with van der Waals surface area (Å²) in [5, 5.41) is 9.62. The lowest BCUT2D eigenvalue weighted by Crippen LogP contribution is -2.42. The maximum Gasteiger partial charge on any atom is 0.418 e. The van der Waals surface area contributed by atoms with Crippen LogP contribution in [-0.2, 0) is 19.6 Å². The number of ether oxygens (including phenoxy) is 1. The number of hydrogen-bond acceptors (Lipinski definition) is 7. The molecule has 2 aromatic carbocycles. The summed E-state index contributed by atoms with van der Waals surface area (Å²) in [6.07, 6.45) is 1.92. The van der Waals surface area contributed by atoms with Crippen molar-refractivity contribution < 1.29 is 27.1 Å². The number of hydrogen-bond donors (Lipinski definition) is 2. The Morgan fingerprint density at radius 2 is 1.79 bits per heavy atom. The molecule has 3 heterocycles. The first-order valence-electron chi connectivity index (χ1n) is 14.1. The number of alkyl halides is 3. The molecule has 1 amide bonds. The zero-order chi connectivity index (χ0) is 34.0. The van der Waals surface area contributed by atoms with Gasteiger partial charge in [-0.25, -0.2) is 18.7 Å². The lowest BCUT2D eigenvalue weighted by atomic mass is 10.1. The van der Waals surface area contributed by atoms with Crippen molar-refractivity contribution in [1.82, 2.24) is 23.7 Å². The number of rotatable bonds is 9. The van der Waals surface area contributed by atoms with Crippen LogP contribution in [0.2, 0.25) is 0 Å². The van der Waals surface area contributed by atoms with Gasteiger partial charge in [0, 0.05) is 49.9 Å². The molecule has 0 saturated heterocycles. The Kier molecular flexibility index (Phi) is 8.90. The number of aromatic nitrogens is 5. The summed E-state index contributed by atoms with van der Waals surface area (Å²) in [5.74, 6) is -1.98. The summed E-state index contributed by atoms with van der Waals surface area (Å²) in [7, 11) is 1.77. The van der Waals surface area contributed by atoms with Crippen molar-refractivity contribution in [2.75, 3.05) is 5.32 Å². The van der Waals surface area contributed by atoms with Crippen LogP contribution in [0.25, 0.3) is 16.9 Å². The van der Waals surface area contributed by atoms with Gasteiger partial charge in [-0.1, -0.05) is 0 Å². The number of carbonyl (C=O) groups is 1. The summed E-state index contributed by atoms with van der Waals surface area (Å²) >= 11 is 0. The number of anilines is 1. The van der Waals surface area contributed by atoms with Gasteiger partial charge in [0.1, 0.15) is 22.9 Å². The molecule has 0 fully saturated rings. The van der Waals surface area contributed by atoms with E-state index in [0.717, 1.165) is 35.2 Å². The number of pyridine rings is 1. The Balaban J connectivity index is 1.53. The second kappa shape index (κ2) is 12.9. The van der Waals surface area contributed by atoms with Crippen molar-refractivity contribution in [2.24, 2.45) is 7.05 Å². The molecule has 5 rings (SSSR count). The first-order valence-corrected chi connectivity index (χ1v) is 14.1. The minimum atomic E-state index is -4.97. The van der Waals surface area contributed by atoms with Crippen LogP contribution in [0.1, 0.15) is 41.5 Å². The van der Waals surface area contributed by atoms with Crippen molar-refractivity contribution in [1.29, 1.82) is 5.41 Å². The van der Waals surface area contributed by atoms with Crippen LogP contribution in [0.15, 0.2) is 83.0 Å². The van der Waals surface area contributed by atoms with Crippen LogP contribution in [-0.4, -0.2) is 35.8 Å². The molecule has 11 nitrogen and oxygen atoms in total. The topological polar surface area (TPSA) is 137 Å². The molecular weight excluding hydrogens is 622 g/mol. The molecule has 0 bridgehead atoms. The van der Waals surface area contributed by atoms with Crippen molar-refractivity contribution in [2.45, 2.75) is 32.5 Å². The van der Waals surface area contributed by atoms with Crippen molar-refractivity contribution in [3.8, 4) is 28.4 Å². The molecule has 5 aromatic rings. The van der Waals surface area contributed by atoms with Gasteiger partial charge in [0.15, 0.2) is 0 Å². The van der Waals surface area contributed by atoms with Crippen molar-refractivity contribution in [3.63, 3.8) is 0 Å². The minimum absolute atomic E-state index is 0.0353. The van der Waals surface area contributed by atoms with Gasteiger partial charge in [-0.2, -0.15) is 13.2 Å². The highest BCUT2D eigenvalue weighted by atomic mass is 19.4. The third-order valence-electron chi connectivity index (χ3n) is 7.00. The molecule has 2 N–H and O–H groups in total. The van der Waals surface area contributed by atoms with Crippen LogP contribution in [0, 0.1) is 11.2 Å². The van der Waals surface area contributed by atoms with E-state index in [9.17, 15) is 31.9 Å². The standard InChI is InChI=1S/C32H27F4N7O4/c1-18(2)42-15-23(30(45)43(31(42)46)21-6-4-20(33)5-7-21)29(44)40-25-9-8-22(13-24(25)32(34,35)36)47-28-12-19(14-38-26(28)10-11-37)27-16-41(3)17-39-27/h4-9,11-18,37H,10H2,1-3H3,(H,40,44). The lowest BCUT2D eigenvalue weighted by Gasteiger charge is -2.18. The molecule has 0 atom stereocenters. The highest BCUT2D eigenvalue weighted by Crippen LogP contribution is 2.39. The van der Waals surface area contributed by atoms with Crippen molar-refractivity contribution in [3.05, 3.63) is 117 Å². The Labute approximate surface area is 264 Å². The van der Waals surface area contributed by atoms with Crippen LogP contribution in [0.3, 0.4) is 0 Å². The van der Waals surface area contributed by atoms with Crippen LogP contribution in [0.4, 0.5) is 23.2 Å². The molecule has 0 aliphatic carbocycles. The number of imidazole rings is 1. The smallest absolute Gasteiger partial charge is 0.418 e. The molecule has 15 heteroatoms. The predicted molar refractivity (Wildman–Crippen MR) is 165 cm³/mol. The molecule has 47 heavy (non-hydrogen) atoms. The van der Waals surface area contributed by atoms with E-state index >= 15 is 0 Å². The van der Waals surface area contributed by atoms with E-state index in [1.807, 2.05) is 0 Å². The van der Waals surface area contributed by atoms with E-state index in [2.05, 4.69) is 15.3 Å². The maximum absolute atomic E-state index is 14.3. The van der Waals surface area contributed by atoms with Gasteiger partial charge in [0.2, 0.25) is 0 Å². The fourth-order valence-corrected chi connectivity index (χ4v) is 4.68. The summed E-state index contributed by atoms with van der Waals surface area (Å²) < 4.78 is 65.8. The first-order chi connectivity index (χ1) is 22.3. The largest absolute Gasteiger partial charge is 0.455 e. The van der Waals surface area contributed by atoms with Gasteiger partial charge in [-0.05, 0) is 62.4 Å². The van der Waals surface area contributed by atoms with Gasteiger partial charge in [0.05, 0.1) is 34.7 Å². The molecular formula is C32H27F4N7O4. The average Bonchev–Trinajstić information content (AvgIpc) is 3.45. The van der Waals surface area contributed by atoms with Gasteiger partial charge >= 0.3 is 11.9 Å². The van der Waals surface area contributed by atoms with Gasteiger partial charge in [-0.3, -0.25) is 19.1 Å².